The Kier molecular flexibility index (Phi) is 7.03. The van der Waals surface area contributed by atoms with Gasteiger partial charge < -0.3 is 15.5 Å². The van der Waals surface area contributed by atoms with Crippen LogP contribution >= 0.6 is 0 Å². The molecule has 2 rings (SSSR count). The zero-order valence-corrected chi connectivity index (χ0v) is 15.8. The maximum absolute atomic E-state index is 12.1. The van der Waals surface area contributed by atoms with Crippen LogP contribution in [0.25, 0.3) is 0 Å². The van der Waals surface area contributed by atoms with Crippen LogP contribution in [0.5, 0.6) is 0 Å². The predicted octanol–water partition coefficient (Wildman–Crippen LogP) is 3.47. The van der Waals surface area contributed by atoms with Crippen molar-refractivity contribution in [2.75, 3.05) is 6.61 Å². The number of nitrogens with one attached hydrogen (secondary N) is 1. The van der Waals surface area contributed by atoms with Gasteiger partial charge in [0.1, 0.15) is 0 Å². The van der Waals surface area contributed by atoms with Crippen molar-refractivity contribution in [1.82, 2.24) is 5.32 Å². The number of aliphatic hydroxyl groups excluding tert-OH is 2. The Morgan fingerprint density at radius 1 is 1.16 bits per heavy atom. The molecule has 1 amide bonds. The number of hydrogen-bond donors (Lipinski definition) is 3. The van der Waals surface area contributed by atoms with Gasteiger partial charge in [0.2, 0.25) is 5.91 Å². The summed E-state index contributed by atoms with van der Waals surface area (Å²) in [5, 5.41) is 22.6. The third-order valence-electron chi connectivity index (χ3n) is 5.28. The van der Waals surface area contributed by atoms with E-state index in [0.29, 0.717) is 18.8 Å². The maximum Gasteiger partial charge on any atom is 0.220 e. The van der Waals surface area contributed by atoms with E-state index in [4.69, 9.17) is 5.11 Å². The van der Waals surface area contributed by atoms with Crippen LogP contribution in [-0.2, 0) is 10.2 Å². The van der Waals surface area contributed by atoms with Gasteiger partial charge in [-0.25, -0.2) is 0 Å². The second-order valence-electron chi connectivity index (χ2n) is 8.39. The summed E-state index contributed by atoms with van der Waals surface area (Å²) in [6.45, 7) is 6.74. The quantitative estimate of drug-likeness (QED) is 0.738. The van der Waals surface area contributed by atoms with E-state index in [1.165, 1.54) is 5.56 Å². The van der Waals surface area contributed by atoms with Crippen molar-refractivity contribution in [3.8, 4) is 0 Å². The van der Waals surface area contributed by atoms with Gasteiger partial charge in [0, 0.05) is 19.1 Å². The zero-order valence-electron chi connectivity index (χ0n) is 15.8. The molecule has 140 valence electrons. The van der Waals surface area contributed by atoms with Gasteiger partial charge in [0.05, 0.1) is 6.10 Å². The number of amides is 1. The number of carbonyl (C=O) groups is 1. The SMILES string of the molecule is CC(C)(C)c1ccc([C@H](O)CCC(=O)NC2CCC(CO)CC2)cc1. The molecule has 0 aliphatic heterocycles. The average Bonchev–Trinajstić information content (AvgIpc) is 2.59. The molecule has 0 unspecified atom stereocenters. The van der Waals surface area contributed by atoms with E-state index < -0.39 is 6.10 Å². The molecule has 4 heteroatoms. The summed E-state index contributed by atoms with van der Waals surface area (Å²) in [6, 6.07) is 8.24. The summed E-state index contributed by atoms with van der Waals surface area (Å²) in [4.78, 5) is 12.1. The highest BCUT2D eigenvalue weighted by Gasteiger charge is 2.22. The Labute approximate surface area is 151 Å². The molecule has 3 N–H and O–H groups in total. The lowest BCUT2D eigenvalue weighted by atomic mass is 9.86. The van der Waals surface area contributed by atoms with Crippen molar-refractivity contribution in [3.63, 3.8) is 0 Å². The molecule has 0 radical (unpaired) electrons. The van der Waals surface area contributed by atoms with Gasteiger partial charge in [-0.05, 0) is 54.6 Å². The molecular formula is C21H33NO3. The van der Waals surface area contributed by atoms with Gasteiger partial charge in [-0.3, -0.25) is 4.79 Å². The summed E-state index contributed by atoms with van der Waals surface area (Å²) >= 11 is 0. The highest BCUT2D eigenvalue weighted by Crippen LogP contribution is 2.26. The number of aliphatic hydroxyl groups is 2. The fourth-order valence-corrected chi connectivity index (χ4v) is 3.43. The minimum Gasteiger partial charge on any atom is -0.396 e. The molecule has 1 aromatic rings. The molecule has 1 aromatic carbocycles. The Hall–Kier alpha value is -1.39. The Bertz CT molecular complexity index is 539. The van der Waals surface area contributed by atoms with Crippen molar-refractivity contribution in [2.45, 2.75) is 76.9 Å². The topological polar surface area (TPSA) is 69.6 Å². The van der Waals surface area contributed by atoms with Crippen LogP contribution in [0.1, 0.15) is 76.5 Å². The number of benzene rings is 1. The largest absolute Gasteiger partial charge is 0.396 e. The molecule has 1 aliphatic rings. The fourth-order valence-electron chi connectivity index (χ4n) is 3.43. The molecule has 1 aliphatic carbocycles. The van der Waals surface area contributed by atoms with E-state index >= 15 is 0 Å². The van der Waals surface area contributed by atoms with Gasteiger partial charge in [0.15, 0.2) is 0 Å². The van der Waals surface area contributed by atoms with Crippen LogP contribution in [0, 0.1) is 5.92 Å². The van der Waals surface area contributed by atoms with Crippen molar-refractivity contribution in [3.05, 3.63) is 35.4 Å². The summed E-state index contributed by atoms with van der Waals surface area (Å²) < 4.78 is 0. The maximum atomic E-state index is 12.1. The van der Waals surface area contributed by atoms with E-state index in [1.807, 2.05) is 12.1 Å². The number of carbonyl (C=O) groups excluding carboxylic acids is 1. The molecule has 0 spiro atoms. The third kappa shape index (κ3) is 6.12. The minimum atomic E-state index is -0.607. The summed E-state index contributed by atoms with van der Waals surface area (Å²) in [5.74, 6) is 0.406. The first-order valence-corrected chi connectivity index (χ1v) is 9.48. The van der Waals surface area contributed by atoms with E-state index in [1.54, 1.807) is 0 Å². The highest BCUT2D eigenvalue weighted by atomic mass is 16.3. The fraction of sp³-hybridized carbons (Fsp3) is 0.667. The van der Waals surface area contributed by atoms with Gasteiger partial charge >= 0.3 is 0 Å². The standard InChI is InChI=1S/C21H33NO3/c1-21(2,3)17-8-6-16(7-9-17)19(24)12-13-20(25)22-18-10-4-15(14-23)5-11-18/h6-9,15,18-19,23-24H,4-5,10-14H2,1-3H3,(H,22,25)/t15?,18?,19-/m1/s1. The third-order valence-corrected chi connectivity index (χ3v) is 5.28. The first kappa shape index (κ1) is 19.9. The monoisotopic (exact) mass is 347 g/mol. The predicted molar refractivity (Wildman–Crippen MR) is 100 cm³/mol. The van der Waals surface area contributed by atoms with Crippen molar-refractivity contribution >= 4 is 5.91 Å². The lowest BCUT2D eigenvalue weighted by Crippen LogP contribution is -2.38. The van der Waals surface area contributed by atoms with Gasteiger partial charge in [-0.2, -0.15) is 0 Å². The first-order valence-electron chi connectivity index (χ1n) is 9.48. The van der Waals surface area contributed by atoms with Crippen molar-refractivity contribution < 1.29 is 15.0 Å². The smallest absolute Gasteiger partial charge is 0.220 e. The van der Waals surface area contributed by atoms with E-state index in [-0.39, 0.29) is 24.0 Å². The Morgan fingerprint density at radius 3 is 2.28 bits per heavy atom. The molecule has 0 bridgehead atoms. The van der Waals surface area contributed by atoms with Crippen LogP contribution in [0.15, 0.2) is 24.3 Å². The number of hydrogen-bond acceptors (Lipinski definition) is 3. The van der Waals surface area contributed by atoms with Gasteiger partial charge in [-0.15, -0.1) is 0 Å². The molecule has 1 atom stereocenters. The summed E-state index contributed by atoms with van der Waals surface area (Å²) in [5.41, 5.74) is 2.20. The molecule has 0 heterocycles. The van der Waals surface area contributed by atoms with Crippen LogP contribution in [0.3, 0.4) is 0 Å². The molecular weight excluding hydrogens is 314 g/mol. The second kappa shape index (κ2) is 8.81. The average molecular weight is 347 g/mol. The first-order chi connectivity index (χ1) is 11.8. The molecule has 1 saturated carbocycles. The minimum absolute atomic E-state index is 0.0119. The summed E-state index contributed by atoms with van der Waals surface area (Å²) in [7, 11) is 0. The normalized spacial score (nSPS) is 22.4. The molecule has 4 nitrogen and oxygen atoms in total. The molecule has 0 saturated heterocycles. The van der Waals surface area contributed by atoms with Crippen LogP contribution in [-0.4, -0.2) is 28.8 Å². The van der Waals surface area contributed by atoms with Gasteiger partial charge in [-0.1, -0.05) is 45.0 Å². The van der Waals surface area contributed by atoms with Crippen molar-refractivity contribution in [2.24, 2.45) is 5.92 Å². The van der Waals surface area contributed by atoms with Crippen LogP contribution in [0.2, 0.25) is 0 Å². The van der Waals surface area contributed by atoms with E-state index in [0.717, 1.165) is 31.2 Å². The Balaban J connectivity index is 1.75. The Morgan fingerprint density at radius 2 is 1.76 bits per heavy atom. The van der Waals surface area contributed by atoms with Crippen LogP contribution < -0.4 is 5.32 Å². The zero-order chi connectivity index (χ0) is 18.4. The molecule has 1 fully saturated rings. The lowest BCUT2D eigenvalue weighted by molar-refractivity contribution is -0.122. The van der Waals surface area contributed by atoms with Crippen LogP contribution in [0.4, 0.5) is 0 Å². The molecule has 0 aromatic heterocycles. The second-order valence-corrected chi connectivity index (χ2v) is 8.39. The highest BCUT2D eigenvalue weighted by molar-refractivity contribution is 5.76. The van der Waals surface area contributed by atoms with Crippen molar-refractivity contribution in [1.29, 1.82) is 0 Å². The van der Waals surface area contributed by atoms with E-state index in [9.17, 15) is 9.90 Å². The molecule has 25 heavy (non-hydrogen) atoms. The lowest BCUT2D eigenvalue weighted by Gasteiger charge is -2.28. The summed E-state index contributed by atoms with van der Waals surface area (Å²) in [6.07, 6.45) is 4.00. The van der Waals surface area contributed by atoms with Gasteiger partial charge in [0.25, 0.3) is 0 Å². The van der Waals surface area contributed by atoms with E-state index in [2.05, 4.69) is 38.2 Å². The number of rotatable bonds is 6.